The third kappa shape index (κ3) is 8.03. The molecule has 0 spiro atoms. The summed E-state index contributed by atoms with van der Waals surface area (Å²) in [4.78, 5) is 29.8. The molecule has 1 N–H and O–H groups in total. The monoisotopic (exact) mass is 538 g/mol. The Kier molecular flexibility index (Phi) is 10.2. The summed E-state index contributed by atoms with van der Waals surface area (Å²) in [5.74, 6) is 0.0907. The summed E-state index contributed by atoms with van der Waals surface area (Å²) in [5.41, 5.74) is 2.01. The first-order valence-corrected chi connectivity index (χ1v) is 13.3. The fraction of sp³-hybridized carbons (Fsp3) is 0.286. The van der Waals surface area contributed by atoms with Gasteiger partial charge in [-0.3, -0.25) is 9.59 Å². The maximum atomic E-state index is 13.6. The van der Waals surface area contributed by atoms with E-state index in [-0.39, 0.29) is 23.6 Å². The molecular formula is C28H31BrN2O2S. The SMILES string of the molecule is CCC(C)NC(=O)C(Cc1ccccc1)N(Cc1ccc(Br)cc1)C(=O)CSc1ccccc1. The average molecular weight is 540 g/mol. The van der Waals surface area contributed by atoms with E-state index in [1.165, 1.54) is 11.8 Å². The van der Waals surface area contributed by atoms with Gasteiger partial charge in [-0.2, -0.15) is 0 Å². The molecule has 0 saturated carbocycles. The van der Waals surface area contributed by atoms with Crippen molar-refractivity contribution in [1.29, 1.82) is 0 Å². The summed E-state index contributed by atoms with van der Waals surface area (Å²) in [5, 5.41) is 3.11. The Morgan fingerprint density at radius 2 is 1.53 bits per heavy atom. The van der Waals surface area contributed by atoms with E-state index in [1.807, 2.05) is 98.8 Å². The van der Waals surface area contributed by atoms with Crippen LogP contribution in [0.25, 0.3) is 0 Å². The number of thioether (sulfide) groups is 1. The Bertz CT molecular complexity index is 1050. The molecule has 6 heteroatoms. The van der Waals surface area contributed by atoms with Crippen molar-refractivity contribution in [3.05, 3.63) is 101 Å². The minimum atomic E-state index is -0.607. The van der Waals surface area contributed by atoms with Crippen LogP contribution >= 0.6 is 27.7 Å². The van der Waals surface area contributed by atoms with E-state index in [0.29, 0.717) is 13.0 Å². The van der Waals surface area contributed by atoms with Crippen molar-refractivity contribution in [1.82, 2.24) is 10.2 Å². The molecule has 4 nitrogen and oxygen atoms in total. The molecule has 34 heavy (non-hydrogen) atoms. The smallest absolute Gasteiger partial charge is 0.243 e. The van der Waals surface area contributed by atoms with Crippen LogP contribution in [0.2, 0.25) is 0 Å². The van der Waals surface area contributed by atoms with E-state index >= 15 is 0 Å². The van der Waals surface area contributed by atoms with Gasteiger partial charge < -0.3 is 10.2 Å². The fourth-order valence-electron chi connectivity index (χ4n) is 3.53. The van der Waals surface area contributed by atoms with Gasteiger partial charge in [-0.1, -0.05) is 83.5 Å². The van der Waals surface area contributed by atoms with Gasteiger partial charge in [-0.05, 0) is 48.7 Å². The Morgan fingerprint density at radius 1 is 0.912 bits per heavy atom. The molecule has 2 amide bonds. The third-order valence-corrected chi connectivity index (χ3v) is 7.17. The predicted molar refractivity (Wildman–Crippen MR) is 144 cm³/mol. The second-order valence-corrected chi connectivity index (χ2v) is 10.2. The van der Waals surface area contributed by atoms with Crippen LogP contribution in [0.1, 0.15) is 31.4 Å². The Labute approximate surface area is 215 Å². The molecule has 0 radical (unpaired) electrons. The fourth-order valence-corrected chi connectivity index (χ4v) is 4.60. The topological polar surface area (TPSA) is 49.4 Å². The first-order valence-electron chi connectivity index (χ1n) is 11.5. The molecule has 0 aliphatic rings. The second-order valence-electron chi connectivity index (χ2n) is 8.27. The molecule has 2 atom stereocenters. The lowest BCUT2D eigenvalue weighted by Gasteiger charge is -2.32. The highest BCUT2D eigenvalue weighted by molar-refractivity contribution is 9.10. The van der Waals surface area contributed by atoms with Crippen molar-refractivity contribution in [2.24, 2.45) is 0 Å². The number of hydrogen-bond acceptors (Lipinski definition) is 3. The van der Waals surface area contributed by atoms with Gasteiger partial charge in [0.15, 0.2) is 0 Å². The molecule has 0 aromatic heterocycles. The highest BCUT2D eigenvalue weighted by Crippen LogP contribution is 2.21. The molecule has 178 valence electrons. The van der Waals surface area contributed by atoms with Crippen LogP contribution in [0.4, 0.5) is 0 Å². The van der Waals surface area contributed by atoms with Crippen molar-refractivity contribution < 1.29 is 9.59 Å². The second kappa shape index (κ2) is 13.4. The summed E-state index contributed by atoms with van der Waals surface area (Å²) in [6.45, 7) is 4.40. The van der Waals surface area contributed by atoms with Crippen molar-refractivity contribution in [2.75, 3.05) is 5.75 Å². The maximum Gasteiger partial charge on any atom is 0.243 e. The third-order valence-electron chi connectivity index (χ3n) is 5.64. The number of nitrogens with one attached hydrogen (secondary N) is 1. The van der Waals surface area contributed by atoms with Gasteiger partial charge in [0.25, 0.3) is 0 Å². The van der Waals surface area contributed by atoms with Gasteiger partial charge in [-0.15, -0.1) is 11.8 Å². The Morgan fingerprint density at radius 3 is 2.15 bits per heavy atom. The number of rotatable bonds is 11. The van der Waals surface area contributed by atoms with Crippen LogP contribution in [-0.2, 0) is 22.6 Å². The first kappa shape index (κ1) is 26.0. The number of carbonyl (C=O) groups is 2. The lowest BCUT2D eigenvalue weighted by atomic mass is 10.0. The van der Waals surface area contributed by atoms with Crippen LogP contribution in [-0.4, -0.2) is 34.6 Å². The summed E-state index contributed by atoms with van der Waals surface area (Å²) in [6, 6.07) is 27.1. The van der Waals surface area contributed by atoms with Crippen LogP contribution < -0.4 is 5.32 Å². The lowest BCUT2D eigenvalue weighted by Crippen LogP contribution is -2.52. The molecule has 3 aromatic rings. The minimum absolute atomic E-state index is 0.0362. The summed E-state index contributed by atoms with van der Waals surface area (Å²) >= 11 is 4.97. The van der Waals surface area contributed by atoms with E-state index in [0.717, 1.165) is 26.9 Å². The predicted octanol–water partition coefficient (Wildman–Crippen LogP) is 6.10. The van der Waals surface area contributed by atoms with Gasteiger partial charge in [0.2, 0.25) is 11.8 Å². The highest BCUT2D eigenvalue weighted by Gasteiger charge is 2.30. The van der Waals surface area contributed by atoms with Crippen molar-refractivity contribution in [3.8, 4) is 0 Å². The number of benzene rings is 3. The zero-order valence-corrected chi connectivity index (χ0v) is 22.0. The van der Waals surface area contributed by atoms with Crippen molar-refractivity contribution in [2.45, 2.75) is 50.2 Å². The van der Waals surface area contributed by atoms with Gasteiger partial charge in [0, 0.05) is 28.4 Å². The minimum Gasteiger partial charge on any atom is -0.352 e. The lowest BCUT2D eigenvalue weighted by molar-refractivity contribution is -0.139. The Hall–Kier alpha value is -2.57. The molecule has 2 unspecified atom stereocenters. The summed E-state index contributed by atoms with van der Waals surface area (Å²) in [7, 11) is 0. The average Bonchev–Trinajstić information content (AvgIpc) is 2.87. The summed E-state index contributed by atoms with van der Waals surface area (Å²) in [6.07, 6.45) is 1.29. The van der Waals surface area contributed by atoms with E-state index in [2.05, 4.69) is 21.2 Å². The van der Waals surface area contributed by atoms with E-state index in [1.54, 1.807) is 4.90 Å². The normalized spacial score (nSPS) is 12.6. The molecule has 0 heterocycles. The first-order chi connectivity index (χ1) is 16.5. The number of amides is 2. The van der Waals surface area contributed by atoms with Crippen LogP contribution in [0.15, 0.2) is 94.3 Å². The number of nitrogens with zero attached hydrogens (tertiary/aromatic N) is 1. The molecule has 3 rings (SSSR count). The Balaban J connectivity index is 1.90. The quantitative estimate of drug-likeness (QED) is 0.300. The molecule has 0 fully saturated rings. The van der Waals surface area contributed by atoms with E-state index < -0.39 is 6.04 Å². The number of hydrogen-bond donors (Lipinski definition) is 1. The van der Waals surface area contributed by atoms with Gasteiger partial charge in [0.05, 0.1) is 5.75 Å². The van der Waals surface area contributed by atoms with Crippen LogP contribution in [0.5, 0.6) is 0 Å². The molecule has 3 aromatic carbocycles. The van der Waals surface area contributed by atoms with Crippen molar-refractivity contribution >= 4 is 39.5 Å². The molecular weight excluding hydrogens is 508 g/mol. The largest absolute Gasteiger partial charge is 0.352 e. The highest BCUT2D eigenvalue weighted by atomic mass is 79.9. The number of halogens is 1. The standard InChI is InChI=1S/C28H31BrN2O2S/c1-3-21(2)30-28(33)26(18-22-10-6-4-7-11-22)31(19-23-14-16-24(29)17-15-23)27(32)20-34-25-12-8-5-9-13-25/h4-17,21,26H,3,18-20H2,1-2H3,(H,30,33). The van der Waals surface area contributed by atoms with Crippen LogP contribution in [0.3, 0.4) is 0 Å². The molecule has 0 bridgehead atoms. The van der Waals surface area contributed by atoms with Gasteiger partial charge in [0.1, 0.15) is 6.04 Å². The zero-order valence-electron chi connectivity index (χ0n) is 19.6. The maximum absolute atomic E-state index is 13.6. The van der Waals surface area contributed by atoms with E-state index in [4.69, 9.17) is 0 Å². The van der Waals surface area contributed by atoms with Gasteiger partial charge in [-0.25, -0.2) is 0 Å². The van der Waals surface area contributed by atoms with Gasteiger partial charge >= 0.3 is 0 Å². The summed E-state index contributed by atoms with van der Waals surface area (Å²) < 4.78 is 0.976. The molecule has 0 aliphatic carbocycles. The van der Waals surface area contributed by atoms with Crippen molar-refractivity contribution in [3.63, 3.8) is 0 Å². The van der Waals surface area contributed by atoms with Crippen LogP contribution in [0, 0.1) is 0 Å². The molecule has 0 aliphatic heterocycles. The number of carbonyl (C=O) groups excluding carboxylic acids is 2. The zero-order chi connectivity index (χ0) is 24.3. The molecule has 0 saturated heterocycles. The van der Waals surface area contributed by atoms with E-state index in [9.17, 15) is 9.59 Å².